The van der Waals surface area contributed by atoms with E-state index >= 15 is 0 Å². The molecule has 0 aliphatic heterocycles. The molecule has 0 saturated heterocycles. The Morgan fingerprint density at radius 3 is 2.12 bits per heavy atom. The Labute approximate surface area is 143 Å². The van der Waals surface area contributed by atoms with Gasteiger partial charge in [0.15, 0.2) is 5.78 Å². The first-order valence-corrected chi connectivity index (χ1v) is 9.37. The topological polar surface area (TPSA) is 88.1 Å². The number of benzene rings is 1. The molecule has 0 N–H and O–H groups in total. The summed E-state index contributed by atoms with van der Waals surface area (Å²) in [5.74, 6) is 0.0297. The molecule has 0 atom stereocenters. The van der Waals surface area contributed by atoms with Crippen molar-refractivity contribution in [3.63, 3.8) is 0 Å². The summed E-state index contributed by atoms with van der Waals surface area (Å²) in [6.45, 7) is 3.75. The molecular weight excluding hydrogens is 336 g/mol. The molecule has 0 aromatic heterocycles. The highest BCUT2D eigenvalue weighted by atomic mass is 32.2. The zero-order valence-corrected chi connectivity index (χ0v) is 14.8. The number of hydrogen-bond donors (Lipinski definition) is 0. The molecular formula is C16H24O7S. The van der Waals surface area contributed by atoms with Crippen LogP contribution in [0.4, 0.5) is 0 Å². The summed E-state index contributed by atoms with van der Waals surface area (Å²) < 4.78 is 41.8. The summed E-state index contributed by atoms with van der Waals surface area (Å²) in [5.41, 5.74) is 1.61. The van der Waals surface area contributed by atoms with Gasteiger partial charge in [0.05, 0.1) is 52.5 Å². The molecule has 7 nitrogen and oxygen atoms in total. The lowest BCUT2D eigenvalue weighted by Gasteiger charge is -2.07. The summed E-state index contributed by atoms with van der Waals surface area (Å²) in [5, 5.41) is 0. The van der Waals surface area contributed by atoms with Crippen molar-refractivity contribution in [1.82, 2.24) is 0 Å². The summed E-state index contributed by atoms with van der Waals surface area (Å²) in [7, 11) is -3.41. The van der Waals surface area contributed by atoms with Gasteiger partial charge >= 0.3 is 0 Å². The molecule has 0 bridgehead atoms. The van der Waals surface area contributed by atoms with Gasteiger partial charge in [-0.15, -0.1) is 0 Å². The van der Waals surface area contributed by atoms with Crippen molar-refractivity contribution in [3.8, 4) is 0 Å². The predicted molar refractivity (Wildman–Crippen MR) is 88.5 cm³/mol. The van der Waals surface area contributed by atoms with Crippen molar-refractivity contribution in [2.75, 3.05) is 45.9 Å². The Bertz CT molecular complexity index is 598. The molecule has 1 rings (SSSR count). The number of ether oxygens (including phenoxy) is 3. The van der Waals surface area contributed by atoms with E-state index in [1.54, 1.807) is 6.07 Å². The van der Waals surface area contributed by atoms with Crippen LogP contribution in [0.2, 0.25) is 0 Å². The van der Waals surface area contributed by atoms with E-state index in [1.165, 1.54) is 6.92 Å². The Kier molecular flexibility index (Phi) is 9.73. The van der Waals surface area contributed by atoms with E-state index in [1.807, 2.05) is 18.2 Å². The molecule has 1 aromatic rings. The van der Waals surface area contributed by atoms with Crippen LogP contribution in [0.1, 0.15) is 22.8 Å². The van der Waals surface area contributed by atoms with Crippen molar-refractivity contribution in [2.45, 2.75) is 13.5 Å². The van der Waals surface area contributed by atoms with Crippen molar-refractivity contribution < 1.29 is 31.6 Å². The van der Waals surface area contributed by atoms with Crippen LogP contribution in [0.25, 0.3) is 0 Å². The zero-order chi connectivity index (χ0) is 17.8. The van der Waals surface area contributed by atoms with Gasteiger partial charge in [-0.1, -0.05) is 18.2 Å². The second-order valence-electron chi connectivity index (χ2n) is 5.06. The van der Waals surface area contributed by atoms with Crippen LogP contribution in [0.3, 0.4) is 0 Å². The number of ketones is 1. The molecule has 0 fully saturated rings. The number of rotatable bonds is 13. The van der Waals surface area contributed by atoms with Gasteiger partial charge in [-0.2, -0.15) is 8.42 Å². The quantitative estimate of drug-likeness (QED) is 0.298. The fourth-order valence-corrected chi connectivity index (χ4v) is 2.13. The van der Waals surface area contributed by atoms with Gasteiger partial charge in [0.1, 0.15) is 0 Å². The van der Waals surface area contributed by atoms with E-state index in [2.05, 4.69) is 4.18 Å². The van der Waals surface area contributed by atoms with Gasteiger partial charge in [0.25, 0.3) is 10.1 Å². The fraction of sp³-hybridized carbons (Fsp3) is 0.562. The largest absolute Gasteiger partial charge is 0.377 e. The Morgan fingerprint density at radius 1 is 0.958 bits per heavy atom. The molecule has 136 valence electrons. The smallest absolute Gasteiger partial charge is 0.264 e. The third-order valence-electron chi connectivity index (χ3n) is 2.87. The highest BCUT2D eigenvalue weighted by Crippen LogP contribution is 2.07. The van der Waals surface area contributed by atoms with Gasteiger partial charge in [0, 0.05) is 5.56 Å². The second-order valence-corrected chi connectivity index (χ2v) is 6.70. The first-order valence-electron chi connectivity index (χ1n) is 7.56. The molecule has 8 heteroatoms. The van der Waals surface area contributed by atoms with Gasteiger partial charge in [0.2, 0.25) is 0 Å². The van der Waals surface area contributed by atoms with E-state index in [4.69, 9.17) is 14.2 Å². The standard InChI is InChI=1S/C16H24O7S/c1-14(17)16-5-3-4-15(12-16)13-22-9-8-20-6-7-21-10-11-23-24(2,18)19/h3-5,12H,6-11,13H2,1-2H3. The molecule has 1 aromatic carbocycles. The van der Waals surface area contributed by atoms with E-state index in [-0.39, 0.29) is 19.0 Å². The van der Waals surface area contributed by atoms with E-state index in [0.29, 0.717) is 38.6 Å². The van der Waals surface area contributed by atoms with Crippen LogP contribution in [0.5, 0.6) is 0 Å². The number of Topliss-reactive ketones (excluding diaryl/α,β-unsaturated/α-hetero) is 1. The lowest BCUT2D eigenvalue weighted by Crippen LogP contribution is -2.13. The van der Waals surface area contributed by atoms with Gasteiger partial charge in [-0.3, -0.25) is 8.98 Å². The van der Waals surface area contributed by atoms with Crippen LogP contribution in [0, 0.1) is 0 Å². The predicted octanol–water partition coefficient (Wildman–Crippen LogP) is 1.42. The molecule has 0 heterocycles. The fourth-order valence-electron chi connectivity index (χ4n) is 1.75. The maximum atomic E-state index is 11.3. The van der Waals surface area contributed by atoms with Crippen LogP contribution in [-0.2, 0) is 35.1 Å². The first-order chi connectivity index (χ1) is 11.4. The minimum Gasteiger partial charge on any atom is -0.377 e. The molecule has 0 unspecified atom stereocenters. The van der Waals surface area contributed by atoms with Gasteiger partial charge in [-0.05, 0) is 18.6 Å². The minimum atomic E-state index is -3.41. The number of hydrogen-bond acceptors (Lipinski definition) is 7. The van der Waals surface area contributed by atoms with E-state index < -0.39 is 10.1 Å². The third-order valence-corrected chi connectivity index (χ3v) is 3.47. The van der Waals surface area contributed by atoms with Crippen molar-refractivity contribution >= 4 is 15.9 Å². The highest BCUT2D eigenvalue weighted by molar-refractivity contribution is 7.85. The molecule has 0 aliphatic rings. The van der Waals surface area contributed by atoms with E-state index in [0.717, 1.165) is 11.8 Å². The van der Waals surface area contributed by atoms with Crippen LogP contribution >= 0.6 is 0 Å². The number of carbonyl (C=O) groups excluding carboxylic acids is 1. The average Bonchev–Trinajstić information content (AvgIpc) is 2.51. The summed E-state index contributed by atoms with van der Waals surface area (Å²) in [4.78, 5) is 11.3. The zero-order valence-electron chi connectivity index (χ0n) is 14.0. The summed E-state index contributed by atoms with van der Waals surface area (Å²) in [6.07, 6.45) is 0.993. The Hall–Kier alpha value is -1.32. The summed E-state index contributed by atoms with van der Waals surface area (Å²) in [6, 6.07) is 7.32. The first kappa shape index (κ1) is 20.7. The second kappa shape index (κ2) is 11.3. The molecule has 0 saturated carbocycles. The monoisotopic (exact) mass is 360 g/mol. The third kappa shape index (κ3) is 10.5. The average molecular weight is 360 g/mol. The molecule has 24 heavy (non-hydrogen) atoms. The SMILES string of the molecule is CC(=O)c1cccc(COCCOCCOCCOS(C)(=O)=O)c1. The van der Waals surface area contributed by atoms with Gasteiger partial charge in [-0.25, -0.2) is 0 Å². The number of carbonyl (C=O) groups is 1. The van der Waals surface area contributed by atoms with Crippen molar-refractivity contribution in [3.05, 3.63) is 35.4 Å². The minimum absolute atomic E-state index is 0.00126. The van der Waals surface area contributed by atoms with Crippen LogP contribution in [0.15, 0.2) is 24.3 Å². The molecule has 0 amide bonds. The lowest BCUT2D eigenvalue weighted by atomic mass is 10.1. The normalized spacial score (nSPS) is 11.6. The summed E-state index contributed by atoms with van der Waals surface area (Å²) >= 11 is 0. The highest BCUT2D eigenvalue weighted by Gasteiger charge is 2.01. The van der Waals surface area contributed by atoms with Gasteiger partial charge < -0.3 is 14.2 Å². The van der Waals surface area contributed by atoms with Crippen LogP contribution in [-0.4, -0.2) is 60.1 Å². The van der Waals surface area contributed by atoms with Crippen LogP contribution < -0.4 is 0 Å². The Balaban J connectivity index is 1.97. The van der Waals surface area contributed by atoms with Crippen molar-refractivity contribution in [1.29, 1.82) is 0 Å². The molecule has 0 spiro atoms. The van der Waals surface area contributed by atoms with Crippen molar-refractivity contribution in [2.24, 2.45) is 0 Å². The lowest BCUT2D eigenvalue weighted by molar-refractivity contribution is 0.00632. The Morgan fingerprint density at radius 2 is 1.54 bits per heavy atom. The maximum Gasteiger partial charge on any atom is 0.264 e. The molecule has 0 aliphatic carbocycles. The maximum absolute atomic E-state index is 11.3. The van der Waals surface area contributed by atoms with E-state index in [9.17, 15) is 13.2 Å². The molecule has 0 radical (unpaired) electrons.